The van der Waals surface area contributed by atoms with E-state index in [1.54, 1.807) is 11.3 Å². The van der Waals surface area contributed by atoms with Crippen molar-refractivity contribution in [1.29, 1.82) is 0 Å². The molecule has 1 aromatic carbocycles. The number of nitrogens with zero attached hydrogens (tertiary/aromatic N) is 1. The predicted octanol–water partition coefficient (Wildman–Crippen LogP) is 4.79. The molecule has 3 rings (SSSR count). The van der Waals surface area contributed by atoms with Gasteiger partial charge in [-0.25, -0.2) is 4.98 Å². The number of rotatable bonds is 4. The number of anilines is 1. The Labute approximate surface area is 120 Å². The first-order valence-corrected chi connectivity index (χ1v) is 7.80. The molecular formula is C15H14N2S2. The summed E-state index contributed by atoms with van der Waals surface area (Å²) in [6.45, 7) is 3.01. The van der Waals surface area contributed by atoms with Crippen molar-refractivity contribution < 1.29 is 0 Å². The second-order valence-electron chi connectivity index (χ2n) is 4.28. The molecule has 0 amide bonds. The van der Waals surface area contributed by atoms with Gasteiger partial charge in [-0.2, -0.15) is 0 Å². The Morgan fingerprint density at radius 3 is 2.89 bits per heavy atom. The Balaban J connectivity index is 1.73. The minimum absolute atomic E-state index is 0.875. The highest BCUT2D eigenvalue weighted by Gasteiger charge is 2.02. The van der Waals surface area contributed by atoms with Crippen LogP contribution in [0.15, 0.2) is 48.0 Å². The predicted molar refractivity (Wildman–Crippen MR) is 83.9 cm³/mol. The highest BCUT2D eigenvalue weighted by molar-refractivity contribution is 7.13. The van der Waals surface area contributed by atoms with Gasteiger partial charge >= 0.3 is 0 Å². The van der Waals surface area contributed by atoms with E-state index in [9.17, 15) is 0 Å². The largest absolute Gasteiger partial charge is 0.380 e. The SMILES string of the molecule is Cc1ccc(CNc2cccc(-c3nccs3)c2)s1. The molecule has 0 saturated heterocycles. The molecule has 4 heteroatoms. The maximum Gasteiger partial charge on any atom is 0.123 e. The van der Waals surface area contributed by atoms with Gasteiger partial charge in [0.05, 0.1) is 0 Å². The van der Waals surface area contributed by atoms with Crippen molar-refractivity contribution >= 4 is 28.4 Å². The molecule has 96 valence electrons. The molecule has 0 radical (unpaired) electrons. The topological polar surface area (TPSA) is 24.9 Å². The van der Waals surface area contributed by atoms with Crippen LogP contribution in [-0.4, -0.2) is 4.98 Å². The van der Waals surface area contributed by atoms with Gasteiger partial charge in [0.15, 0.2) is 0 Å². The van der Waals surface area contributed by atoms with Crippen LogP contribution in [0.3, 0.4) is 0 Å². The maximum absolute atomic E-state index is 4.34. The van der Waals surface area contributed by atoms with Gasteiger partial charge in [-0.1, -0.05) is 12.1 Å². The number of thiophene rings is 1. The van der Waals surface area contributed by atoms with Gasteiger partial charge in [0.1, 0.15) is 5.01 Å². The first-order chi connectivity index (χ1) is 9.31. The third kappa shape index (κ3) is 3.03. The minimum Gasteiger partial charge on any atom is -0.380 e. The summed E-state index contributed by atoms with van der Waals surface area (Å²) in [7, 11) is 0. The van der Waals surface area contributed by atoms with Crippen LogP contribution in [0.4, 0.5) is 5.69 Å². The fourth-order valence-electron chi connectivity index (χ4n) is 1.90. The summed E-state index contributed by atoms with van der Waals surface area (Å²) in [5.74, 6) is 0. The van der Waals surface area contributed by atoms with Crippen LogP contribution in [0, 0.1) is 6.92 Å². The van der Waals surface area contributed by atoms with Crippen molar-refractivity contribution in [3.63, 3.8) is 0 Å². The van der Waals surface area contributed by atoms with Gasteiger partial charge in [-0.05, 0) is 31.2 Å². The average Bonchev–Trinajstić information content (AvgIpc) is 3.08. The molecule has 0 spiro atoms. The second-order valence-corrected chi connectivity index (χ2v) is 6.55. The van der Waals surface area contributed by atoms with Gasteiger partial charge in [0.2, 0.25) is 0 Å². The monoisotopic (exact) mass is 286 g/mol. The van der Waals surface area contributed by atoms with Gasteiger partial charge < -0.3 is 5.32 Å². The van der Waals surface area contributed by atoms with Gasteiger partial charge in [-0.15, -0.1) is 22.7 Å². The van der Waals surface area contributed by atoms with Crippen molar-refractivity contribution in [3.05, 3.63) is 57.7 Å². The van der Waals surface area contributed by atoms with Crippen LogP contribution >= 0.6 is 22.7 Å². The Morgan fingerprint density at radius 2 is 2.16 bits per heavy atom. The van der Waals surface area contributed by atoms with E-state index in [-0.39, 0.29) is 0 Å². The zero-order valence-corrected chi connectivity index (χ0v) is 12.2. The zero-order chi connectivity index (χ0) is 13.1. The number of thiazole rings is 1. The molecule has 0 saturated carbocycles. The van der Waals surface area contributed by atoms with E-state index < -0.39 is 0 Å². The Hall–Kier alpha value is -1.65. The van der Waals surface area contributed by atoms with Crippen LogP contribution in [-0.2, 0) is 6.54 Å². The molecule has 1 N–H and O–H groups in total. The van der Waals surface area contributed by atoms with E-state index in [0.29, 0.717) is 0 Å². The van der Waals surface area contributed by atoms with Gasteiger partial charge in [0, 0.05) is 39.1 Å². The van der Waals surface area contributed by atoms with Crippen LogP contribution in [0.25, 0.3) is 10.6 Å². The van der Waals surface area contributed by atoms with E-state index in [2.05, 4.69) is 53.6 Å². The Kier molecular flexibility index (Phi) is 3.62. The highest BCUT2D eigenvalue weighted by atomic mass is 32.1. The molecule has 0 bridgehead atoms. The molecule has 0 fully saturated rings. The lowest BCUT2D eigenvalue weighted by Gasteiger charge is -2.06. The molecule has 0 aliphatic heterocycles. The van der Waals surface area contributed by atoms with E-state index in [4.69, 9.17) is 0 Å². The first-order valence-electron chi connectivity index (χ1n) is 6.10. The number of nitrogens with one attached hydrogen (secondary N) is 1. The number of aryl methyl sites for hydroxylation is 1. The molecule has 3 aromatic rings. The molecule has 0 unspecified atom stereocenters. The van der Waals surface area contributed by atoms with E-state index in [1.807, 2.05) is 22.9 Å². The Morgan fingerprint density at radius 1 is 1.21 bits per heavy atom. The number of hydrogen-bond acceptors (Lipinski definition) is 4. The summed E-state index contributed by atoms with van der Waals surface area (Å²) in [5, 5.41) is 6.53. The lowest BCUT2D eigenvalue weighted by atomic mass is 10.2. The number of benzene rings is 1. The van der Waals surface area contributed by atoms with E-state index >= 15 is 0 Å². The smallest absolute Gasteiger partial charge is 0.123 e. The fourth-order valence-corrected chi connectivity index (χ4v) is 3.36. The van der Waals surface area contributed by atoms with E-state index in [0.717, 1.165) is 17.2 Å². The van der Waals surface area contributed by atoms with Crippen molar-refractivity contribution in [2.75, 3.05) is 5.32 Å². The van der Waals surface area contributed by atoms with Crippen LogP contribution < -0.4 is 5.32 Å². The van der Waals surface area contributed by atoms with Crippen molar-refractivity contribution in [3.8, 4) is 10.6 Å². The third-order valence-electron chi connectivity index (χ3n) is 2.80. The van der Waals surface area contributed by atoms with Crippen molar-refractivity contribution in [1.82, 2.24) is 4.98 Å². The molecule has 19 heavy (non-hydrogen) atoms. The Bertz CT molecular complexity index is 656. The first kappa shape index (κ1) is 12.4. The van der Waals surface area contributed by atoms with Gasteiger partial charge in [0.25, 0.3) is 0 Å². The van der Waals surface area contributed by atoms with Crippen LogP contribution in [0.1, 0.15) is 9.75 Å². The summed E-state index contributed by atoms with van der Waals surface area (Å²) in [6, 6.07) is 12.8. The highest BCUT2D eigenvalue weighted by Crippen LogP contribution is 2.25. The minimum atomic E-state index is 0.875. The van der Waals surface area contributed by atoms with Crippen LogP contribution in [0.2, 0.25) is 0 Å². The standard InChI is InChI=1S/C15H14N2S2/c1-11-5-6-14(19-11)10-17-13-4-2-3-12(9-13)15-16-7-8-18-15/h2-9,17H,10H2,1H3. The van der Waals surface area contributed by atoms with Gasteiger partial charge in [-0.3, -0.25) is 0 Å². The quantitative estimate of drug-likeness (QED) is 0.745. The second kappa shape index (κ2) is 5.55. The summed E-state index contributed by atoms with van der Waals surface area (Å²) in [4.78, 5) is 7.06. The molecular weight excluding hydrogens is 272 g/mol. The molecule has 0 aliphatic carbocycles. The average molecular weight is 286 g/mol. The zero-order valence-electron chi connectivity index (χ0n) is 10.6. The number of aromatic nitrogens is 1. The van der Waals surface area contributed by atoms with Crippen LogP contribution in [0.5, 0.6) is 0 Å². The number of hydrogen-bond donors (Lipinski definition) is 1. The molecule has 2 nitrogen and oxygen atoms in total. The maximum atomic E-state index is 4.34. The summed E-state index contributed by atoms with van der Waals surface area (Å²) in [6.07, 6.45) is 1.84. The van der Waals surface area contributed by atoms with E-state index in [1.165, 1.54) is 15.3 Å². The molecule has 0 aliphatic rings. The molecule has 2 aromatic heterocycles. The lowest BCUT2D eigenvalue weighted by Crippen LogP contribution is -1.97. The fraction of sp³-hybridized carbons (Fsp3) is 0.133. The summed E-state index contributed by atoms with van der Waals surface area (Å²) < 4.78 is 0. The molecule has 0 atom stereocenters. The summed E-state index contributed by atoms with van der Waals surface area (Å²) >= 11 is 3.50. The summed E-state index contributed by atoms with van der Waals surface area (Å²) in [5.41, 5.74) is 2.31. The third-order valence-corrected chi connectivity index (χ3v) is 4.63. The van der Waals surface area contributed by atoms with Crippen molar-refractivity contribution in [2.45, 2.75) is 13.5 Å². The molecule has 2 heterocycles. The van der Waals surface area contributed by atoms with Crippen molar-refractivity contribution in [2.24, 2.45) is 0 Å². The normalized spacial score (nSPS) is 10.6. The lowest BCUT2D eigenvalue weighted by molar-refractivity contribution is 1.19.